The van der Waals surface area contributed by atoms with E-state index in [2.05, 4.69) is 15.5 Å². The van der Waals surface area contributed by atoms with Gasteiger partial charge in [0.2, 0.25) is 0 Å². The Balaban J connectivity index is 0.00000288. The van der Waals surface area contributed by atoms with Crippen LogP contribution in [0.1, 0.15) is 10.5 Å². The van der Waals surface area contributed by atoms with E-state index < -0.39 is 0 Å². The van der Waals surface area contributed by atoms with E-state index in [1.807, 2.05) is 25.2 Å². The second-order valence-electron chi connectivity index (χ2n) is 5.07. The molecule has 0 saturated carbocycles. The minimum Gasteiger partial charge on any atom is -0.493 e. The maximum Gasteiger partial charge on any atom is 0.271 e. The molecule has 0 fully saturated rings. The highest BCUT2D eigenvalue weighted by atomic mass is 35.5. The first-order chi connectivity index (χ1) is 11.1. The summed E-state index contributed by atoms with van der Waals surface area (Å²) in [6, 6.07) is 7.24. The van der Waals surface area contributed by atoms with Crippen molar-refractivity contribution in [3.63, 3.8) is 0 Å². The molecular weight excluding hydrogens is 332 g/mol. The largest absolute Gasteiger partial charge is 0.493 e. The number of likely N-dealkylation sites (N-methyl/N-ethyl adjacent to an activating group) is 2. The van der Waals surface area contributed by atoms with Gasteiger partial charge in [0, 0.05) is 25.7 Å². The van der Waals surface area contributed by atoms with Crippen molar-refractivity contribution in [3.05, 3.63) is 30.0 Å². The molecule has 0 aliphatic rings. The number of halogens is 1. The first-order valence-corrected chi connectivity index (χ1v) is 7.28. The maximum atomic E-state index is 12.3. The molecular formula is C16H23ClN4O3. The number of ether oxygens (including phenoxy) is 2. The molecule has 1 amide bonds. The van der Waals surface area contributed by atoms with E-state index in [4.69, 9.17) is 9.47 Å². The van der Waals surface area contributed by atoms with E-state index in [0.29, 0.717) is 29.4 Å². The molecule has 24 heavy (non-hydrogen) atoms. The summed E-state index contributed by atoms with van der Waals surface area (Å²) >= 11 is 0. The van der Waals surface area contributed by atoms with Crippen LogP contribution in [0.15, 0.2) is 24.3 Å². The Morgan fingerprint density at radius 1 is 1.25 bits per heavy atom. The molecule has 0 aliphatic heterocycles. The Bertz CT molecular complexity index is 675. The van der Waals surface area contributed by atoms with Gasteiger partial charge in [-0.1, -0.05) is 0 Å². The summed E-state index contributed by atoms with van der Waals surface area (Å²) < 4.78 is 10.5. The first kappa shape index (κ1) is 19.8. The number of aromatic nitrogens is 2. The van der Waals surface area contributed by atoms with Gasteiger partial charge >= 0.3 is 0 Å². The lowest BCUT2D eigenvalue weighted by molar-refractivity contribution is 0.0791. The van der Waals surface area contributed by atoms with E-state index in [-0.39, 0.29) is 18.3 Å². The number of nitrogens with one attached hydrogen (secondary N) is 2. The van der Waals surface area contributed by atoms with Crippen LogP contribution in [0.25, 0.3) is 11.3 Å². The number of amides is 1. The van der Waals surface area contributed by atoms with Gasteiger partial charge < -0.3 is 19.7 Å². The number of hydrogen-bond acceptors (Lipinski definition) is 5. The number of hydrogen-bond donors (Lipinski definition) is 2. The zero-order valence-electron chi connectivity index (χ0n) is 14.3. The lowest BCUT2D eigenvalue weighted by Gasteiger charge is -2.15. The molecule has 2 N–H and O–H groups in total. The van der Waals surface area contributed by atoms with Gasteiger partial charge in [0.15, 0.2) is 11.5 Å². The molecule has 0 unspecified atom stereocenters. The summed E-state index contributed by atoms with van der Waals surface area (Å²) in [5.74, 6) is 1.17. The molecule has 2 aromatic rings. The van der Waals surface area contributed by atoms with E-state index in [0.717, 1.165) is 12.1 Å². The fourth-order valence-corrected chi connectivity index (χ4v) is 2.16. The van der Waals surface area contributed by atoms with Crippen molar-refractivity contribution in [2.75, 3.05) is 41.4 Å². The summed E-state index contributed by atoms with van der Waals surface area (Å²) in [6.07, 6.45) is 0. The Morgan fingerprint density at radius 3 is 2.58 bits per heavy atom. The number of nitrogens with zero attached hydrogens (tertiary/aromatic N) is 2. The van der Waals surface area contributed by atoms with Crippen LogP contribution in [0, 0.1) is 0 Å². The third kappa shape index (κ3) is 4.39. The van der Waals surface area contributed by atoms with Crippen molar-refractivity contribution in [1.29, 1.82) is 0 Å². The van der Waals surface area contributed by atoms with Gasteiger partial charge in [-0.15, -0.1) is 12.4 Å². The normalized spacial score (nSPS) is 10.0. The predicted molar refractivity (Wildman–Crippen MR) is 95.3 cm³/mol. The van der Waals surface area contributed by atoms with Crippen LogP contribution >= 0.6 is 12.4 Å². The van der Waals surface area contributed by atoms with Crippen molar-refractivity contribution in [1.82, 2.24) is 20.4 Å². The number of rotatable bonds is 7. The number of carbonyl (C=O) groups excluding carboxylic acids is 1. The first-order valence-electron chi connectivity index (χ1n) is 7.28. The average Bonchev–Trinajstić information content (AvgIpc) is 3.08. The molecule has 0 atom stereocenters. The third-order valence-electron chi connectivity index (χ3n) is 3.53. The molecule has 132 valence electrons. The average molecular weight is 355 g/mol. The van der Waals surface area contributed by atoms with Crippen LogP contribution in [0.5, 0.6) is 11.5 Å². The van der Waals surface area contributed by atoms with Crippen LogP contribution in [0.3, 0.4) is 0 Å². The van der Waals surface area contributed by atoms with Crippen LogP contribution in [-0.4, -0.2) is 62.4 Å². The predicted octanol–water partition coefficient (Wildman–Crippen LogP) is 1.81. The Hall–Kier alpha value is -2.25. The standard InChI is InChI=1S/C16H22N4O3.ClH/c1-17-7-8-20(2)16(21)13-10-12(18-19-13)11-5-6-14(22-3)15(9-11)23-4;/h5-6,9-10,17H,7-8H2,1-4H3,(H,18,19);1H. The smallest absolute Gasteiger partial charge is 0.271 e. The molecule has 1 aromatic heterocycles. The molecule has 0 bridgehead atoms. The van der Waals surface area contributed by atoms with Crippen molar-refractivity contribution in [2.24, 2.45) is 0 Å². The second-order valence-corrected chi connectivity index (χ2v) is 5.07. The monoisotopic (exact) mass is 354 g/mol. The summed E-state index contributed by atoms with van der Waals surface area (Å²) in [6.45, 7) is 1.36. The lowest BCUT2D eigenvalue weighted by atomic mass is 10.1. The van der Waals surface area contributed by atoms with Gasteiger partial charge in [-0.2, -0.15) is 5.10 Å². The van der Waals surface area contributed by atoms with E-state index in [9.17, 15) is 4.79 Å². The SMILES string of the molecule is CNCCN(C)C(=O)c1cc(-c2ccc(OC)c(OC)c2)n[nH]1.Cl. The van der Waals surface area contributed by atoms with Gasteiger partial charge in [0.05, 0.1) is 19.9 Å². The van der Waals surface area contributed by atoms with E-state index in [1.165, 1.54) is 0 Å². The molecule has 0 radical (unpaired) electrons. The summed E-state index contributed by atoms with van der Waals surface area (Å²) in [5, 5.41) is 10.0. The lowest BCUT2D eigenvalue weighted by Crippen LogP contribution is -2.32. The van der Waals surface area contributed by atoms with Gasteiger partial charge in [0.1, 0.15) is 5.69 Å². The molecule has 1 aromatic carbocycles. The Labute approximate surface area is 147 Å². The van der Waals surface area contributed by atoms with Crippen molar-refractivity contribution >= 4 is 18.3 Å². The zero-order chi connectivity index (χ0) is 16.8. The number of H-pyrrole nitrogens is 1. The maximum absolute atomic E-state index is 12.3. The molecule has 1 heterocycles. The fourth-order valence-electron chi connectivity index (χ4n) is 2.16. The number of benzene rings is 1. The van der Waals surface area contributed by atoms with Crippen LogP contribution in [0.4, 0.5) is 0 Å². The van der Waals surface area contributed by atoms with E-state index in [1.54, 1.807) is 32.2 Å². The van der Waals surface area contributed by atoms with Gasteiger partial charge in [-0.05, 0) is 31.3 Å². The Kier molecular flexibility index (Phi) is 7.54. The highest BCUT2D eigenvalue weighted by molar-refractivity contribution is 5.93. The minimum absolute atomic E-state index is 0. The van der Waals surface area contributed by atoms with Crippen molar-refractivity contribution in [2.45, 2.75) is 0 Å². The summed E-state index contributed by atoms with van der Waals surface area (Å²) in [4.78, 5) is 13.9. The number of aromatic amines is 1. The molecule has 0 aliphatic carbocycles. The zero-order valence-corrected chi connectivity index (χ0v) is 15.1. The quantitative estimate of drug-likeness (QED) is 0.792. The summed E-state index contributed by atoms with van der Waals surface area (Å²) in [7, 11) is 6.78. The van der Waals surface area contributed by atoms with Crippen LogP contribution in [0.2, 0.25) is 0 Å². The van der Waals surface area contributed by atoms with Gasteiger partial charge in [0.25, 0.3) is 5.91 Å². The highest BCUT2D eigenvalue weighted by Gasteiger charge is 2.16. The molecule has 0 saturated heterocycles. The van der Waals surface area contributed by atoms with Crippen molar-refractivity contribution < 1.29 is 14.3 Å². The minimum atomic E-state index is -0.0977. The molecule has 2 rings (SSSR count). The van der Waals surface area contributed by atoms with Crippen LogP contribution < -0.4 is 14.8 Å². The number of carbonyl (C=O) groups is 1. The van der Waals surface area contributed by atoms with Gasteiger partial charge in [-0.3, -0.25) is 9.89 Å². The fraction of sp³-hybridized carbons (Fsp3) is 0.375. The molecule has 0 spiro atoms. The highest BCUT2D eigenvalue weighted by Crippen LogP contribution is 2.31. The van der Waals surface area contributed by atoms with Gasteiger partial charge in [-0.25, -0.2) is 0 Å². The molecule has 8 heteroatoms. The number of methoxy groups -OCH3 is 2. The van der Waals surface area contributed by atoms with Crippen molar-refractivity contribution in [3.8, 4) is 22.8 Å². The topological polar surface area (TPSA) is 79.5 Å². The Morgan fingerprint density at radius 2 is 1.96 bits per heavy atom. The van der Waals surface area contributed by atoms with Crippen LogP contribution in [-0.2, 0) is 0 Å². The second kappa shape index (κ2) is 9.14. The van der Waals surface area contributed by atoms with E-state index >= 15 is 0 Å². The third-order valence-corrected chi connectivity index (χ3v) is 3.53. The molecule has 7 nitrogen and oxygen atoms in total. The summed E-state index contributed by atoms with van der Waals surface area (Å²) in [5.41, 5.74) is 1.97.